The Morgan fingerprint density at radius 2 is 1.71 bits per heavy atom. The molecule has 2 aliphatic carbocycles. The van der Waals surface area contributed by atoms with Gasteiger partial charge in [-0.3, -0.25) is 0 Å². The van der Waals surface area contributed by atoms with Gasteiger partial charge >= 0.3 is 0 Å². The second-order valence-electron chi connectivity index (χ2n) is 5.21. The maximum atomic E-state index is 5.84. The van der Waals surface area contributed by atoms with Crippen molar-refractivity contribution in [3.05, 3.63) is 0 Å². The van der Waals surface area contributed by atoms with Gasteiger partial charge in [-0.25, -0.2) is 0 Å². The largest absolute Gasteiger partial charge is 0.330 e. The highest BCUT2D eigenvalue weighted by Crippen LogP contribution is 2.32. The Morgan fingerprint density at radius 3 is 2.29 bits per heavy atom. The highest BCUT2D eigenvalue weighted by Gasteiger charge is 2.31. The molecule has 0 aromatic rings. The molecule has 2 fully saturated rings. The lowest BCUT2D eigenvalue weighted by Crippen LogP contribution is -2.36. The average molecular weight is 196 g/mol. The third-order valence-corrected chi connectivity index (χ3v) is 4.06. The fraction of sp³-hybridized carbons (Fsp3) is 1.00. The maximum absolute atomic E-state index is 5.84. The van der Waals surface area contributed by atoms with Gasteiger partial charge in [-0.15, -0.1) is 0 Å². The summed E-state index contributed by atoms with van der Waals surface area (Å²) in [5.74, 6) is 1.70. The van der Waals surface area contributed by atoms with Crippen molar-refractivity contribution in [2.75, 3.05) is 20.1 Å². The van der Waals surface area contributed by atoms with E-state index in [1.54, 1.807) is 0 Å². The molecule has 0 saturated heterocycles. The normalized spacial score (nSPS) is 33.6. The summed E-state index contributed by atoms with van der Waals surface area (Å²) in [6.45, 7) is 2.20. The second-order valence-corrected chi connectivity index (χ2v) is 5.21. The summed E-state index contributed by atoms with van der Waals surface area (Å²) in [7, 11) is 2.29. The monoisotopic (exact) mass is 196 g/mol. The molecule has 0 bridgehead atoms. The van der Waals surface area contributed by atoms with Gasteiger partial charge in [0.15, 0.2) is 0 Å². The molecule has 0 aromatic heterocycles. The van der Waals surface area contributed by atoms with Gasteiger partial charge in [-0.05, 0) is 51.1 Å². The molecule has 0 amide bonds. The summed E-state index contributed by atoms with van der Waals surface area (Å²) >= 11 is 0. The Balaban J connectivity index is 1.80. The molecule has 2 unspecified atom stereocenters. The minimum Gasteiger partial charge on any atom is -0.330 e. The van der Waals surface area contributed by atoms with Crippen molar-refractivity contribution in [1.29, 1.82) is 0 Å². The number of nitrogens with two attached hydrogens (primary N) is 1. The number of hydrogen-bond acceptors (Lipinski definition) is 2. The first-order chi connectivity index (χ1) is 6.81. The van der Waals surface area contributed by atoms with Gasteiger partial charge in [-0.1, -0.05) is 12.8 Å². The highest BCUT2D eigenvalue weighted by atomic mass is 15.2. The van der Waals surface area contributed by atoms with E-state index in [2.05, 4.69) is 11.9 Å². The Bertz CT molecular complexity index is 177. The Morgan fingerprint density at radius 1 is 1.07 bits per heavy atom. The standard InChI is InChI=1S/C12H24N2/c1-14(12-6-7-12)9-11-5-3-2-4-10(11)8-13/h10-12H,2-9,13H2,1H3. The molecule has 2 nitrogen and oxygen atoms in total. The molecule has 2 rings (SSSR count). The van der Waals surface area contributed by atoms with Crippen molar-refractivity contribution in [2.45, 2.75) is 44.6 Å². The van der Waals surface area contributed by atoms with Crippen LogP contribution in [-0.4, -0.2) is 31.1 Å². The second kappa shape index (κ2) is 4.63. The van der Waals surface area contributed by atoms with Crippen LogP contribution in [0.5, 0.6) is 0 Å². The van der Waals surface area contributed by atoms with E-state index in [9.17, 15) is 0 Å². The number of nitrogens with zero attached hydrogens (tertiary/aromatic N) is 1. The quantitative estimate of drug-likeness (QED) is 0.743. The van der Waals surface area contributed by atoms with Crippen LogP contribution in [-0.2, 0) is 0 Å². The first kappa shape index (κ1) is 10.4. The summed E-state index contributed by atoms with van der Waals surface area (Å²) in [5.41, 5.74) is 5.84. The van der Waals surface area contributed by atoms with Crippen molar-refractivity contribution < 1.29 is 0 Å². The molecule has 0 aromatic carbocycles. The molecule has 2 atom stereocenters. The zero-order valence-electron chi connectivity index (χ0n) is 9.41. The molecule has 0 radical (unpaired) electrons. The molecule has 2 saturated carbocycles. The van der Waals surface area contributed by atoms with Crippen LogP contribution in [0, 0.1) is 11.8 Å². The van der Waals surface area contributed by atoms with Crippen LogP contribution in [0.1, 0.15) is 38.5 Å². The van der Waals surface area contributed by atoms with Gasteiger partial charge < -0.3 is 10.6 Å². The third kappa shape index (κ3) is 2.48. The van der Waals surface area contributed by atoms with Crippen molar-refractivity contribution in [1.82, 2.24) is 4.90 Å². The zero-order valence-corrected chi connectivity index (χ0v) is 9.41. The molecule has 82 valence electrons. The van der Waals surface area contributed by atoms with Crippen molar-refractivity contribution in [3.63, 3.8) is 0 Å². The smallest absolute Gasteiger partial charge is 0.00934 e. The zero-order chi connectivity index (χ0) is 9.97. The average Bonchev–Trinajstić information content (AvgIpc) is 3.02. The lowest BCUT2D eigenvalue weighted by molar-refractivity contribution is 0.169. The van der Waals surface area contributed by atoms with Crippen molar-refractivity contribution >= 4 is 0 Å². The van der Waals surface area contributed by atoms with Crippen LogP contribution in [0.15, 0.2) is 0 Å². The van der Waals surface area contributed by atoms with E-state index in [-0.39, 0.29) is 0 Å². The summed E-state index contributed by atoms with van der Waals surface area (Å²) in [6.07, 6.45) is 8.48. The molecular formula is C12H24N2. The third-order valence-electron chi connectivity index (χ3n) is 4.06. The van der Waals surface area contributed by atoms with Gasteiger partial charge in [0.05, 0.1) is 0 Å². The van der Waals surface area contributed by atoms with Crippen LogP contribution < -0.4 is 5.73 Å². The summed E-state index contributed by atoms with van der Waals surface area (Å²) in [5, 5.41) is 0. The molecule has 2 aliphatic rings. The molecule has 14 heavy (non-hydrogen) atoms. The Hall–Kier alpha value is -0.0800. The van der Waals surface area contributed by atoms with Crippen LogP contribution >= 0.6 is 0 Å². The Kier molecular flexibility index (Phi) is 3.45. The number of rotatable bonds is 4. The first-order valence-electron chi connectivity index (χ1n) is 6.21. The molecular weight excluding hydrogens is 172 g/mol. The van der Waals surface area contributed by atoms with Crippen LogP contribution in [0.25, 0.3) is 0 Å². The minimum absolute atomic E-state index is 0.810. The predicted octanol–water partition coefficient (Wildman–Crippen LogP) is 1.85. The first-order valence-corrected chi connectivity index (χ1v) is 6.21. The Labute approximate surface area is 87.8 Å². The number of hydrogen-bond donors (Lipinski definition) is 1. The van der Waals surface area contributed by atoms with Crippen LogP contribution in [0.2, 0.25) is 0 Å². The summed E-state index contributed by atoms with van der Waals surface area (Å²) in [6, 6.07) is 0.912. The predicted molar refractivity (Wildman–Crippen MR) is 60.2 cm³/mol. The van der Waals surface area contributed by atoms with Gasteiger partial charge in [0.25, 0.3) is 0 Å². The lowest BCUT2D eigenvalue weighted by Gasteiger charge is -2.33. The topological polar surface area (TPSA) is 29.3 Å². The van der Waals surface area contributed by atoms with E-state index in [0.717, 1.165) is 24.4 Å². The molecule has 0 spiro atoms. The minimum atomic E-state index is 0.810. The van der Waals surface area contributed by atoms with Crippen molar-refractivity contribution in [3.8, 4) is 0 Å². The molecule has 2 N–H and O–H groups in total. The van der Waals surface area contributed by atoms with Gasteiger partial charge in [-0.2, -0.15) is 0 Å². The fourth-order valence-electron chi connectivity index (χ4n) is 2.87. The van der Waals surface area contributed by atoms with Gasteiger partial charge in [0, 0.05) is 12.6 Å². The van der Waals surface area contributed by atoms with Gasteiger partial charge in [0.1, 0.15) is 0 Å². The van der Waals surface area contributed by atoms with E-state index >= 15 is 0 Å². The van der Waals surface area contributed by atoms with Crippen LogP contribution in [0.4, 0.5) is 0 Å². The van der Waals surface area contributed by atoms with E-state index in [0.29, 0.717) is 0 Å². The highest BCUT2D eigenvalue weighted by molar-refractivity contribution is 4.86. The summed E-state index contributed by atoms with van der Waals surface area (Å²) < 4.78 is 0. The summed E-state index contributed by atoms with van der Waals surface area (Å²) in [4.78, 5) is 2.57. The van der Waals surface area contributed by atoms with E-state index < -0.39 is 0 Å². The molecule has 0 heterocycles. The SMILES string of the molecule is CN(CC1CCCCC1CN)C1CC1. The molecule has 2 heteroatoms. The van der Waals surface area contributed by atoms with Crippen molar-refractivity contribution in [2.24, 2.45) is 17.6 Å². The maximum Gasteiger partial charge on any atom is 0.00934 e. The van der Waals surface area contributed by atoms with Crippen LogP contribution in [0.3, 0.4) is 0 Å². The van der Waals surface area contributed by atoms with Gasteiger partial charge in [0.2, 0.25) is 0 Å². The molecule has 0 aliphatic heterocycles. The fourth-order valence-corrected chi connectivity index (χ4v) is 2.87. The van der Waals surface area contributed by atoms with E-state index in [1.807, 2.05) is 0 Å². The van der Waals surface area contributed by atoms with E-state index in [4.69, 9.17) is 5.73 Å². The van der Waals surface area contributed by atoms with E-state index in [1.165, 1.54) is 45.1 Å². The lowest BCUT2D eigenvalue weighted by atomic mass is 9.79.